The van der Waals surface area contributed by atoms with Gasteiger partial charge in [0.05, 0.1) is 13.1 Å². The Morgan fingerprint density at radius 1 is 1.27 bits per heavy atom. The standard InChI is InChI=1S/C15H30NOSi.CHF3O3S/c1-7-10-15(17-18(4,5)6)14-13-16(14,11-8-2)12-9-3;2-1(3,4)8(5,6)7/h8-9,14-15H,2-3,7,10-13H2,1,4-6H3;(H,5,6,7)/q+1;/p-1/t14-,15+;/m1./s1. The first kappa shape index (κ1) is 25.3. The van der Waals surface area contributed by atoms with Crippen molar-refractivity contribution in [1.29, 1.82) is 0 Å². The van der Waals surface area contributed by atoms with E-state index in [1.807, 2.05) is 12.2 Å². The molecule has 0 aromatic carbocycles. The number of nitrogens with zero attached hydrogens (tertiary/aromatic N) is 1. The van der Waals surface area contributed by atoms with Crippen LogP contribution in [0.25, 0.3) is 0 Å². The van der Waals surface area contributed by atoms with E-state index in [0.717, 1.165) is 17.6 Å². The summed E-state index contributed by atoms with van der Waals surface area (Å²) in [6.07, 6.45) is 6.90. The van der Waals surface area contributed by atoms with Gasteiger partial charge in [-0.2, -0.15) is 13.2 Å². The number of hydrogen-bond donors (Lipinski definition) is 0. The van der Waals surface area contributed by atoms with Gasteiger partial charge in [0.2, 0.25) is 0 Å². The Bertz CT molecular complexity index is 563. The fourth-order valence-corrected chi connectivity index (χ4v) is 4.06. The normalized spacial score (nSPS) is 20.5. The van der Waals surface area contributed by atoms with Crippen LogP contribution in [0.5, 0.6) is 0 Å². The molecule has 0 amide bonds. The lowest BCUT2D eigenvalue weighted by Gasteiger charge is -2.27. The number of alkyl halides is 3. The molecule has 5 nitrogen and oxygen atoms in total. The smallest absolute Gasteiger partial charge is 0.485 e. The summed E-state index contributed by atoms with van der Waals surface area (Å²) in [6.45, 7) is 20.2. The molecule has 0 bridgehead atoms. The maximum atomic E-state index is 10.7. The maximum Gasteiger partial charge on any atom is 0.485 e. The molecule has 0 aromatic heterocycles. The Kier molecular flexibility index (Phi) is 9.24. The lowest BCUT2D eigenvalue weighted by atomic mass is 10.1. The second-order valence-electron chi connectivity index (χ2n) is 7.37. The van der Waals surface area contributed by atoms with Gasteiger partial charge < -0.3 is 13.5 Å². The highest BCUT2D eigenvalue weighted by molar-refractivity contribution is 7.86. The Balaban J connectivity index is 0.000000660. The second kappa shape index (κ2) is 9.49. The highest BCUT2D eigenvalue weighted by Crippen LogP contribution is 2.37. The van der Waals surface area contributed by atoms with Crippen LogP contribution in [0.15, 0.2) is 25.3 Å². The molecule has 1 heterocycles. The first-order chi connectivity index (χ1) is 11.6. The Morgan fingerprint density at radius 2 is 1.69 bits per heavy atom. The van der Waals surface area contributed by atoms with Gasteiger partial charge in [-0.3, -0.25) is 0 Å². The van der Waals surface area contributed by atoms with Gasteiger partial charge in [0.15, 0.2) is 24.5 Å². The topological polar surface area (TPSA) is 66.4 Å². The van der Waals surface area contributed by atoms with E-state index in [1.54, 1.807) is 0 Å². The second-order valence-corrected chi connectivity index (χ2v) is 13.2. The number of quaternary nitrogens is 1. The van der Waals surface area contributed by atoms with E-state index < -0.39 is 23.9 Å². The summed E-state index contributed by atoms with van der Waals surface area (Å²) in [7, 11) is -7.54. The van der Waals surface area contributed by atoms with E-state index in [0.29, 0.717) is 12.1 Å². The van der Waals surface area contributed by atoms with E-state index in [-0.39, 0.29) is 0 Å². The summed E-state index contributed by atoms with van der Waals surface area (Å²) in [6, 6.07) is 0.660. The van der Waals surface area contributed by atoms with Gasteiger partial charge >= 0.3 is 5.51 Å². The van der Waals surface area contributed by atoms with E-state index in [4.69, 9.17) is 17.4 Å². The van der Waals surface area contributed by atoms with Crippen LogP contribution in [0.1, 0.15) is 19.8 Å². The SMILES string of the molecule is C=CC[N+]1(CC=C)C[C@@H]1[C@H](CCC)O[Si](C)(C)C.O=S(=O)([O-])C(F)(F)F. The van der Waals surface area contributed by atoms with Crippen LogP contribution in [-0.4, -0.2) is 63.1 Å². The van der Waals surface area contributed by atoms with Crippen molar-refractivity contribution < 1.29 is 35.1 Å². The largest absolute Gasteiger partial charge is 0.741 e. The predicted octanol–water partition coefficient (Wildman–Crippen LogP) is 3.63. The Labute approximate surface area is 156 Å². The maximum absolute atomic E-state index is 10.7. The molecule has 1 saturated heterocycles. The molecule has 26 heavy (non-hydrogen) atoms. The van der Waals surface area contributed by atoms with E-state index in [1.165, 1.54) is 19.4 Å². The number of halogens is 3. The minimum absolute atomic E-state index is 0.432. The van der Waals surface area contributed by atoms with Crippen molar-refractivity contribution in [3.63, 3.8) is 0 Å². The van der Waals surface area contributed by atoms with E-state index >= 15 is 0 Å². The quantitative estimate of drug-likeness (QED) is 0.143. The van der Waals surface area contributed by atoms with Gasteiger partial charge in [0.25, 0.3) is 0 Å². The van der Waals surface area contributed by atoms with Gasteiger partial charge in [0.1, 0.15) is 12.6 Å². The van der Waals surface area contributed by atoms with Crippen molar-refractivity contribution in [3.8, 4) is 0 Å². The van der Waals surface area contributed by atoms with Crippen LogP contribution in [-0.2, 0) is 14.5 Å². The van der Waals surface area contributed by atoms with Gasteiger partial charge in [-0.1, -0.05) is 26.5 Å². The molecule has 2 atom stereocenters. The molecule has 0 N–H and O–H groups in total. The fraction of sp³-hybridized carbons (Fsp3) is 0.750. The third kappa shape index (κ3) is 8.34. The monoisotopic (exact) mass is 417 g/mol. The van der Waals surface area contributed by atoms with E-state index in [2.05, 4.69) is 39.7 Å². The average Bonchev–Trinajstić information content (AvgIpc) is 3.10. The Morgan fingerprint density at radius 3 is 1.96 bits per heavy atom. The van der Waals surface area contributed by atoms with Crippen molar-refractivity contribution >= 4 is 18.4 Å². The van der Waals surface area contributed by atoms with Crippen LogP contribution in [0.4, 0.5) is 13.2 Å². The van der Waals surface area contributed by atoms with Gasteiger partial charge in [0, 0.05) is 0 Å². The average molecular weight is 418 g/mol. The molecule has 0 aliphatic carbocycles. The first-order valence-electron chi connectivity index (χ1n) is 8.41. The van der Waals surface area contributed by atoms with Crippen LogP contribution >= 0.6 is 0 Å². The summed E-state index contributed by atoms with van der Waals surface area (Å²) in [4.78, 5) is 0. The van der Waals surface area contributed by atoms with Crippen molar-refractivity contribution in [1.82, 2.24) is 0 Å². The molecule has 1 fully saturated rings. The summed E-state index contributed by atoms with van der Waals surface area (Å²) in [5, 5.41) is 0. The summed E-state index contributed by atoms with van der Waals surface area (Å²) >= 11 is 0. The lowest BCUT2D eigenvalue weighted by molar-refractivity contribution is -0.803. The molecule has 0 aromatic rings. The third-order valence-corrected chi connectivity index (χ3v) is 5.47. The summed E-state index contributed by atoms with van der Waals surface area (Å²) in [5.74, 6) is 0. The molecular formula is C16H30F3NO4SSi. The number of rotatable bonds is 9. The molecule has 0 saturated carbocycles. The first-order valence-corrected chi connectivity index (χ1v) is 13.2. The molecule has 1 aliphatic heterocycles. The van der Waals surface area contributed by atoms with Crippen LogP contribution in [0, 0.1) is 0 Å². The predicted molar refractivity (Wildman–Crippen MR) is 97.9 cm³/mol. The third-order valence-electron chi connectivity index (χ3n) is 3.90. The van der Waals surface area contributed by atoms with Gasteiger partial charge in [-0.05, 0) is 38.2 Å². The summed E-state index contributed by atoms with van der Waals surface area (Å²) in [5.41, 5.74) is -5.65. The molecule has 1 rings (SSSR count). The highest BCUT2D eigenvalue weighted by Gasteiger charge is 2.57. The fourth-order valence-electron chi connectivity index (χ4n) is 2.87. The zero-order valence-corrected chi connectivity index (χ0v) is 17.7. The molecule has 154 valence electrons. The number of hydrogen-bond acceptors (Lipinski definition) is 4. The molecular weight excluding hydrogens is 387 g/mol. The molecule has 0 unspecified atom stereocenters. The minimum atomic E-state index is -6.09. The van der Waals surface area contributed by atoms with Crippen molar-refractivity contribution in [2.45, 2.75) is 57.1 Å². The highest BCUT2D eigenvalue weighted by atomic mass is 32.2. The van der Waals surface area contributed by atoms with Crippen LogP contribution in [0.2, 0.25) is 19.6 Å². The molecule has 1 aliphatic rings. The summed E-state index contributed by atoms with van der Waals surface area (Å²) < 4.78 is 66.4. The molecule has 0 spiro atoms. The van der Waals surface area contributed by atoms with Crippen molar-refractivity contribution in [2.75, 3.05) is 19.6 Å². The van der Waals surface area contributed by atoms with Crippen molar-refractivity contribution in [2.24, 2.45) is 0 Å². The Hall–Kier alpha value is -0.683. The molecule has 10 heteroatoms. The minimum Gasteiger partial charge on any atom is -0.741 e. The molecule has 0 radical (unpaired) electrons. The van der Waals surface area contributed by atoms with Crippen molar-refractivity contribution in [3.05, 3.63) is 25.3 Å². The van der Waals surface area contributed by atoms with Crippen LogP contribution < -0.4 is 0 Å². The van der Waals surface area contributed by atoms with E-state index in [9.17, 15) is 13.2 Å². The zero-order chi connectivity index (χ0) is 20.8. The van der Waals surface area contributed by atoms with Gasteiger partial charge in [-0.15, -0.1) is 0 Å². The van der Waals surface area contributed by atoms with Gasteiger partial charge in [-0.25, -0.2) is 8.42 Å². The lowest BCUT2D eigenvalue weighted by Crippen LogP contribution is -2.40. The zero-order valence-electron chi connectivity index (χ0n) is 15.9. The van der Waals surface area contributed by atoms with Crippen LogP contribution in [0.3, 0.4) is 0 Å².